The lowest BCUT2D eigenvalue weighted by molar-refractivity contribution is -0.235. The average molecular weight is 796 g/mol. The molecule has 4 fully saturated rings. The van der Waals surface area contributed by atoms with E-state index in [0.717, 1.165) is 75.6 Å². The quantitative estimate of drug-likeness (QED) is 0.191. The van der Waals surface area contributed by atoms with E-state index in [0.29, 0.717) is 36.4 Å². The third kappa shape index (κ3) is 7.34. The summed E-state index contributed by atoms with van der Waals surface area (Å²) in [5.74, 6) is -0.714. The molecular weight excluding hydrogens is 724 g/mol. The second-order valence-corrected chi connectivity index (χ2v) is 21.3. The number of carbonyl (C=O) groups is 3. The van der Waals surface area contributed by atoms with E-state index in [1.807, 2.05) is 12.1 Å². The topological polar surface area (TPSA) is 107 Å². The Labute approximate surface area is 342 Å². The Bertz CT molecular complexity index is 1690. The standard InChI is InChI=1S/C47H71ClN2O6/c1-29(2)40-34(51)26-47(37(52)28-50(24-23-49(9)10)27-31-11-13-32(48)14-12-31)22-21-45(7)33(41(40)47)15-16-36-44(6)19-18-38(56-39(53)25-30(3)42(54)55)43(4,5)35(44)17-20-46(36,45)8/h11-14,29-30,33,35-38,52H,15-28H2,1-10H3,(H,54,55)/t30?,33-,35+,36-,37+,38+,44+,45-,46-,47+/m1/s1. The van der Waals surface area contributed by atoms with Crippen LogP contribution in [0.25, 0.3) is 0 Å². The predicted octanol–water partition coefficient (Wildman–Crippen LogP) is 9.07. The Morgan fingerprint density at radius 1 is 0.893 bits per heavy atom. The molecule has 5 aliphatic carbocycles. The maximum Gasteiger partial charge on any atom is 0.306 e. The van der Waals surface area contributed by atoms with Gasteiger partial charge in [-0.3, -0.25) is 19.3 Å². The van der Waals surface area contributed by atoms with Crippen molar-refractivity contribution in [3.63, 3.8) is 0 Å². The molecule has 1 aromatic rings. The molecule has 312 valence electrons. The number of esters is 1. The first kappa shape index (κ1) is 43.3. The van der Waals surface area contributed by atoms with E-state index < -0.39 is 29.4 Å². The number of carboxylic acids is 1. The number of ketones is 1. The fourth-order valence-corrected chi connectivity index (χ4v) is 13.8. The Balaban J connectivity index is 1.29. The molecule has 0 spiro atoms. The number of rotatable bonds is 13. The molecule has 56 heavy (non-hydrogen) atoms. The van der Waals surface area contributed by atoms with Gasteiger partial charge in [0, 0.05) is 48.5 Å². The van der Waals surface area contributed by atoms with Crippen LogP contribution in [0.15, 0.2) is 35.4 Å². The molecular formula is C47H71ClN2O6. The normalized spacial score (nSPS) is 36.2. The molecule has 4 saturated carbocycles. The summed E-state index contributed by atoms with van der Waals surface area (Å²) in [5.41, 5.74) is 2.75. The Morgan fingerprint density at radius 3 is 2.20 bits per heavy atom. The van der Waals surface area contributed by atoms with Crippen LogP contribution in [0.2, 0.25) is 5.02 Å². The van der Waals surface area contributed by atoms with Crippen LogP contribution < -0.4 is 0 Å². The van der Waals surface area contributed by atoms with E-state index in [1.165, 1.54) is 5.57 Å². The second-order valence-electron chi connectivity index (χ2n) is 20.8. The maximum atomic E-state index is 14.3. The summed E-state index contributed by atoms with van der Waals surface area (Å²) in [7, 11) is 4.17. The SMILES string of the molecule is CC(C)C1=C2[C@H]3CC[C@@H]4[C@@]5(C)CC[C@H](OC(=O)CC(C)C(=O)O)C(C)(C)[C@@H]5CC[C@@]4(C)[C@]3(C)CC[C@@]2([C@@H](O)CN(CCN(C)C)Cc2ccc(Cl)cc2)CC1=O. The molecule has 1 unspecified atom stereocenters. The van der Waals surface area contributed by atoms with Gasteiger partial charge >= 0.3 is 11.9 Å². The van der Waals surface area contributed by atoms with E-state index >= 15 is 0 Å². The Kier molecular flexibility index (Phi) is 12.2. The fourth-order valence-electron chi connectivity index (χ4n) is 13.7. The number of nitrogens with zero attached hydrogens (tertiary/aromatic N) is 2. The minimum atomic E-state index is -0.975. The number of carboxylic acid groups (broad SMARTS) is 1. The van der Waals surface area contributed by atoms with E-state index in [2.05, 4.69) is 84.5 Å². The summed E-state index contributed by atoms with van der Waals surface area (Å²) < 4.78 is 6.13. The molecule has 0 amide bonds. The molecule has 0 aromatic heterocycles. The van der Waals surface area contributed by atoms with Crippen LogP contribution in [0.1, 0.15) is 125 Å². The zero-order valence-corrected chi connectivity index (χ0v) is 36.8. The number of fused-ring (bicyclic) bond motifs is 7. The number of aliphatic hydroxyl groups excluding tert-OH is 1. The van der Waals surface area contributed by atoms with Crippen LogP contribution in [0.3, 0.4) is 0 Å². The fraction of sp³-hybridized carbons (Fsp3) is 0.766. The molecule has 1 aromatic carbocycles. The molecule has 9 heteroatoms. The monoisotopic (exact) mass is 795 g/mol. The maximum absolute atomic E-state index is 14.3. The minimum absolute atomic E-state index is 0.0262. The largest absolute Gasteiger partial charge is 0.481 e. The van der Waals surface area contributed by atoms with Crippen molar-refractivity contribution < 1.29 is 29.3 Å². The Morgan fingerprint density at radius 2 is 1.57 bits per heavy atom. The zero-order valence-electron chi connectivity index (χ0n) is 36.1. The summed E-state index contributed by atoms with van der Waals surface area (Å²) in [5, 5.41) is 22.8. The van der Waals surface area contributed by atoms with Crippen LogP contribution >= 0.6 is 11.6 Å². The van der Waals surface area contributed by atoms with Crippen molar-refractivity contribution in [1.29, 1.82) is 0 Å². The van der Waals surface area contributed by atoms with Gasteiger partial charge in [-0.1, -0.05) is 84.7 Å². The molecule has 0 heterocycles. The van der Waals surface area contributed by atoms with E-state index in [1.54, 1.807) is 6.92 Å². The lowest BCUT2D eigenvalue weighted by Gasteiger charge is -2.72. The zero-order chi connectivity index (χ0) is 41.2. The third-order valence-electron chi connectivity index (χ3n) is 16.8. The van der Waals surface area contributed by atoms with Crippen LogP contribution in [0.4, 0.5) is 0 Å². The van der Waals surface area contributed by atoms with Crippen molar-refractivity contribution in [3.05, 3.63) is 46.0 Å². The van der Waals surface area contributed by atoms with Gasteiger partial charge in [0.15, 0.2) is 5.78 Å². The molecule has 5 aliphatic rings. The van der Waals surface area contributed by atoms with E-state index in [9.17, 15) is 24.6 Å². The highest BCUT2D eigenvalue weighted by Crippen LogP contribution is 2.77. The number of carbonyl (C=O) groups excluding carboxylic acids is 2. The molecule has 0 saturated heterocycles. The first-order chi connectivity index (χ1) is 26.1. The van der Waals surface area contributed by atoms with E-state index in [-0.39, 0.29) is 51.8 Å². The number of ether oxygens (including phenoxy) is 1. The predicted molar refractivity (Wildman–Crippen MR) is 222 cm³/mol. The summed E-state index contributed by atoms with van der Waals surface area (Å²) >= 11 is 6.24. The number of hydrogen-bond donors (Lipinski definition) is 2. The number of allylic oxidation sites excluding steroid dienone is 1. The number of halogens is 1. The van der Waals surface area contributed by atoms with Crippen molar-refractivity contribution in [2.45, 2.75) is 138 Å². The second kappa shape index (κ2) is 15.7. The average Bonchev–Trinajstić information content (AvgIpc) is 3.43. The molecule has 6 rings (SSSR count). The summed E-state index contributed by atoms with van der Waals surface area (Å²) in [4.78, 5) is 43.3. The van der Waals surface area contributed by atoms with Gasteiger partial charge in [0.2, 0.25) is 0 Å². The summed E-state index contributed by atoms with van der Waals surface area (Å²) in [6.45, 7) is 21.0. The van der Waals surface area contributed by atoms with Crippen LogP contribution in [0, 0.1) is 56.7 Å². The van der Waals surface area contributed by atoms with Gasteiger partial charge in [-0.15, -0.1) is 0 Å². The first-order valence-corrected chi connectivity index (χ1v) is 22.0. The molecule has 0 bridgehead atoms. The first-order valence-electron chi connectivity index (χ1n) is 21.6. The highest BCUT2D eigenvalue weighted by Gasteiger charge is 2.70. The van der Waals surface area contributed by atoms with Crippen molar-refractivity contribution in [3.8, 4) is 0 Å². The Hall–Kier alpha value is -2.26. The number of hydrogen-bond acceptors (Lipinski definition) is 7. The van der Waals surface area contributed by atoms with Gasteiger partial charge in [-0.25, -0.2) is 0 Å². The minimum Gasteiger partial charge on any atom is -0.481 e. The van der Waals surface area contributed by atoms with E-state index in [4.69, 9.17) is 16.3 Å². The molecule has 0 radical (unpaired) electrons. The smallest absolute Gasteiger partial charge is 0.306 e. The lowest BCUT2D eigenvalue weighted by atomic mass is 9.33. The van der Waals surface area contributed by atoms with Crippen LogP contribution in [-0.4, -0.2) is 83.7 Å². The van der Waals surface area contributed by atoms with Crippen molar-refractivity contribution >= 4 is 29.3 Å². The van der Waals surface area contributed by atoms with Gasteiger partial charge in [-0.2, -0.15) is 0 Å². The van der Waals surface area contributed by atoms with Crippen LogP contribution in [-0.2, 0) is 25.7 Å². The number of aliphatic carboxylic acids is 1. The van der Waals surface area contributed by atoms with Gasteiger partial charge < -0.3 is 19.8 Å². The van der Waals surface area contributed by atoms with Gasteiger partial charge in [0.25, 0.3) is 0 Å². The van der Waals surface area contributed by atoms with Crippen LogP contribution in [0.5, 0.6) is 0 Å². The summed E-state index contributed by atoms with van der Waals surface area (Å²) in [6.07, 6.45) is 7.22. The summed E-state index contributed by atoms with van der Waals surface area (Å²) in [6, 6.07) is 8.00. The molecule has 0 aliphatic heterocycles. The highest BCUT2D eigenvalue weighted by molar-refractivity contribution is 6.30. The number of aliphatic hydroxyl groups is 1. The van der Waals surface area contributed by atoms with Crippen molar-refractivity contribution in [2.24, 2.45) is 56.7 Å². The number of benzene rings is 1. The van der Waals surface area contributed by atoms with Gasteiger partial charge in [0.1, 0.15) is 6.10 Å². The molecule has 2 N–H and O–H groups in total. The highest BCUT2D eigenvalue weighted by atomic mass is 35.5. The van der Waals surface area contributed by atoms with Gasteiger partial charge in [-0.05, 0) is 129 Å². The third-order valence-corrected chi connectivity index (χ3v) is 17.1. The molecule has 8 nitrogen and oxygen atoms in total. The lowest BCUT2D eigenvalue weighted by Crippen LogP contribution is -2.66. The number of likely N-dealkylation sites (N-methyl/N-ethyl adjacent to an activating group) is 1. The van der Waals surface area contributed by atoms with Crippen molar-refractivity contribution in [1.82, 2.24) is 9.80 Å². The van der Waals surface area contributed by atoms with Crippen molar-refractivity contribution in [2.75, 3.05) is 33.7 Å². The van der Waals surface area contributed by atoms with Gasteiger partial charge in [0.05, 0.1) is 18.4 Å². The molecule has 10 atom stereocenters. The number of Topliss-reactive ketones (excluding diaryl/α,β-unsaturated/α-hetero) is 1.